The number of hydrogen-bond acceptors (Lipinski definition) is 3. The van der Waals surface area contributed by atoms with Gasteiger partial charge < -0.3 is 0 Å². The SMILES string of the molecule is CCCCc1ccc(S(=O)(=O)NCCCn2nccc2C)cc1. The number of hydrogen-bond donors (Lipinski definition) is 1. The first-order valence-corrected chi connectivity index (χ1v) is 9.58. The number of unbranched alkanes of at least 4 members (excludes halogenated alkanes) is 1. The maximum Gasteiger partial charge on any atom is 0.240 e. The summed E-state index contributed by atoms with van der Waals surface area (Å²) in [7, 11) is -3.43. The normalized spacial score (nSPS) is 11.7. The zero-order valence-electron chi connectivity index (χ0n) is 13.8. The molecule has 0 aliphatic rings. The summed E-state index contributed by atoms with van der Waals surface area (Å²) in [5.41, 5.74) is 2.26. The van der Waals surface area contributed by atoms with E-state index < -0.39 is 10.0 Å². The number of nitrogens with zero attached hydrogens (tertiary/aromatic N) is 2. The van der Waals surface area contributed by atoms with Crippen LogP contribution in [0.15, 0.2) is 41.4 Å². The van der Waals surface area contributed by atoms with Crippen LogP contribution in [0.25, 0.3) is 0 Å². The van der Waals surface area contributed by atoms with Crippen molar-refractivity contribution in [2.24, 2.45) is 0 Å². The maximum absolute atomic E-state index is 12.3. The van der Waals surface area contributed by atoms with Crippen molar-refractivity contribution in [2.75, 3.05) is 6.54 Å². The Hall–Kier alpha value is -1.66. The third kappa shape index (κ3) is 5.18. The topological polar surface area (TPSA) is 64.0 Å². The predicted octanol–water partition coefficient (Wildman–Crippen LogP) is 2.90. The summed E-state index contributed by atoms with van der Waals surface area (Å²) in [5.74, 6) is 0. The minimum atomic E-state index is -3.43. The Morgan fingerprint density at radius 2 is 1.87 bits per heavy atom. The lowest BCUT2D eigenvalue weighted by Gasteiger charge is -2.08. The molecule has 0 fully saturated rings. The van der Waals surface area contributed by atoms with Gasteiger partial charge in [-0.25, -0.2) is 13.1 Å². The lowest BCUT2D eigenvalue weighted by molar-refractivity contribution is 0.546. The Labute approximate surface area is 138 Å². The standard InChI is InChI=1S/C17H25N3O2S/c1-3-4-6-16-7-9-17(10-8-16)23(21,22)19-12-5-14-20-15(2)11-13-18-20/h7-11,13,19H,3-6,12,14H2,1-2H3. The second kappa shape index (κ2) is 8.26. The van der Waals surface area contributed by atoms with E-state index in [1.807, 2.05) is 29.8 Å². The van der Waals surface area contributed by atoms with Gasteiger partial charge in [0.1, 0.15) is 0 Å². The summed E-state index contributed by atoms with van der Waals surface area (Å²) in [6.45, 7) is 5.24. The maximum atomic E-state index is 12.3. The number of sulfonamides is 1. The molecule has 0 atom stereocenters. The smallest absolute Gasteiger partial charge is 0.240 e. The molecular formula is C17H25N3O2S. The molecular weight excluding hydrogens is 310 g/mol. The Morgan fingerprint density at radius 1 is 1.13 bits per heavy atom. The largest absolute Gasteiger partial charge is 0.270 e. The summed E-state index contributed by atoms with van der Waals surface area (Å²) in [4.78, 5) is 0.327. The first kappa shape index (κ1) is 17.7. The molecule has 0 bridgehead atoms. The Morgan fingerprint density at radius 3 is 2.48 bits per heavy atom. The highest BCUT2D eigenvalue weighted by molar-refractivity contribution is 7.89. The van der Waals surface area contributed by atoms with Crippen LogP contribution < -0.4 is 4.72 Å². The van der Waals surface area contributed by atoms with Gasteiger partial charge in [-0.05, 0) is 49.9 Å². The Bertz CT molecular complexity index is 706. The lowest BCUT2D eigenvalue weighted by Crippen LogP contribution is -2.25. The van der Waals surface area contributed by atoms with Crippen molar-refractivity contribution in [3.05, 3.63) is 47.8 Å². The average Bonchev–Trinajstić information content (AvgIpc) is 2.95. The summed E-state index contributed by atoms with van der Waals surface area (Å²) in [5, 5.41) is 4.18. The molecule has 0 saturated heterocycles. The van der Waals surface area contributed by atoms with Gasteiger partial charge in [-0.1, -0.05) is 25.5 Å². The molecule has 0 aliphatic carbocycles. The fraction of sp³-hybridized carbons (Fsp3) is 0.471. The van der Waals surface area contributed by atoms with E-state index in [0.29, 0.717) is 24.4 Å². The molecule has 5 nitrogen and oxygen atoms in total. The Kier molecular flexibility index (Phi) is 6.36. The van der Waals surface area contributed by atoms with Gasteiger partial charge in [0.2, 0.25) is 10.0 Å². The number of nitrogens with one attached hydrogen (secondary N) is 1. The minimum Gasteiger partial charge on any atom is -0.270 e. The molecule has 0 amide bonds. The van der Waals surface area contributed by atoms with Crippen LogP contribution >= 0.6 is 0 Å². The van der Waals surface area contributed by atoms with Crippen LogP contribution in [0, 0.1) is 6.92 Å². The molecule has 0 aliphatic heterocycles. The van der Waals surface area contributed by atoms with E-state index in [0.717, 1.165) is 25.0 Å². The first-order valence-electron chi connectivity index (χ1n) is 8.10. The Balaban J connectivity index is 1.85. The first-order chi connectivity index (χ1) is 11.0. The average molecular weight is 335 g/mol. The third-order valence-corrected chi connectivity index (χ3v) is 5.30. The molecule has 2 rings (SSSR count). The van der Waals surface area contributed by atoms with Gasteiger partial charge in [-0.2, -0.15) is 5.10 Å². The predicted molar refractivity (Wildman–Crippen MR) is 91.8 cm³/mol. The van der Waals surface area contributed by atoms with E-state index in [-0.39, 0.29) is 0 Å². The van der Waals surface area contributed by atoms with E-state index >= 15 is 0 Å². The molecule has 1 aromatic heterocycles. The van der Waals surface area contributed by atoms with Gasteiger partial charge in [0.05, 0.1) is 4.90 Å². The monoisotopic (exact) mass is 335 g/mol. The number of aryl methyl sites for hydroxylation is 3. The van der Waals surface area contributed by atoms with E-state index in [1.165, 1.54) is 5.56 Å². The van der Waals surface area contributed by atoms with Crippen LogP contribution in [-0.2, 0) is 23.0 Å². The molecule has 0 spiro atoms. The highest BCUT2D eigenvalue weighted by atomic mass is 32.2. The molecule has 1 N–H and O–H groups in total. The molecule has 6 heteroatoms. The van der Waals surface area contributed by atoms with Gasteiger partial charge in [0.15, 0.2) is 0 Å². The molecule has 0 radical (unpaired) electrons. The zero-order chi connectivity index (χ0) is 16.7. The second-order valence-electron chi connectivity index (χ2n) is 5.69. The molecule has 1 heterocycles. The van der Waals surface area contributed by atoms with E-state index in [4.69, 9.17) is 0 Å². The van der Waals surface area contributed by atoms with E-state index in [2.05, 4.69) is 16.7 Å². The van der Waals surface area contributed by atoms with Crippen molar-refractivity contribution < 1.29 is 8.42 Å². The quantitative estimate of drug-likeness (QED) is 0.717. The van der Waals surface area contributed by atoms with Crippen molar-refractivity contribution in [1.29, 1.82) is 0 Å². The van der Waals surface area contributed by atoms with Crippen LogP contribution in [-0.4, -0.2) is 24.7 Å². The minimum absolute atomic E-state index is 0.327. The number of aromatic nitrogens is 2. The number of benzene rings is 1. The fourth-order valence-corrected chi connectivity index (χ4v) is 3.44. The molecule has 0 unspecified atom stereocenters. The van der Waals surface area contributed by atoms with Crippen LogP contribution in [0.2, 0.25) is 0 Å². The zero-order valence-corrected chi connectivity index (χ0v) is 14.6. The van der Waals surface area contributed by atoms with Crippen LogP contribution in [0.5, 0.6) is 0 Å². The van der Waals surface area contributed by atoms with E-state index in [1.54, 1.807) is 18.3 Å². The van der Waals surface area contributed by atoms with Crippen molar-refractivity contribution in [1.82, 2.24) is 14.5 Å². The molecule has 23 heavy (non-hydrogen) atoms. The van der Waals surface area contributed by atoms with Gasteiger partial charge in [0, 0.05) is 25.0 Å². The summed E-state index contributed by atoms with van der Waals surface area (Å²) in [6, 6.07) is 9.11. The highest BCUT2D eigenvalue weighted by Gasteiger charge is 2.13. The molecule has 126 valence electrons. The van der Waals surface area contributed by atoms with Gasteiger partial charge in [-0.15, -0.1) is 0 Å². The van der Waals surface area contributed by atoms with Crippen LogP contribution in [0.1, 0.15) is 37.4 Å². The second-order valence-corrected chi connectivity index (χ2v) is 7.46. The third-order valence-electron chi connectivity index (χ3n) is 3.82. The van der Waals surface area contributed by atoms with Gasteiger partial charge >= 0.3 is 0 Å². The van der Waals surface area contributed by atoms with Crippen molar-refractivity contribution in [3.8, 4) is 0 Å². The van der Waals surface area contributed by atoms with Crippen molar-refractivity contribution >= 4 is 10.0 Å². The van der Waals surface area contributed by atoms with Gasteiger partial charge in [0.25, 0.3) is 0 Å². The lowest BCUT2D eigenvalue weighted by atomic mass is 10.1. The van der Waals surface area contributed by atoms with Crippen molar-refractivity contribution in [3.63, 3.8) is 0 Å². The summed E-state index contributed by atoms with van der Waals surface area (Å²) >= 11 is 0. The molecule has 1 aromatic carbocycles. The summed E-state index contributed by atoms with van der Waals surface area (Å²) < 4.78 is 29.0. The van der Waals surface area contributed by atoms with Crippen LogP contribution in [0.4, 0.5) is 0 Å². The molecule has 2 aromatic rings. The van der Waals surface area contributed by atoms with Gasteiger partial charge in [-0.3, -0.25) is 4.68 Å². The van der Waals surface area contributed by atoms with Crippen LogP contribution in [0.3, 0.4) is 0 Å². The molecule has 0 saturated carbocycles. The highest BCUT2D eigenvalue weighted by Crippen LogP contribution is 2.12. The van der Waals surface area contributed by atoms with E-state index in [9.17, 15) is 8.42 Å². The summed E-state index contributed by atoms with van der Waals surface area (Å²) in [6.07, 6.45) is 5.71. The van der Waals surface area contributed by atoms with Crippen molar-refractivity contribution in [2.45, 2.75) is 51.0 Å². The number of rotatable bonds is 9. The fourth-order valence-electron chi connectivity index (χ4n) is 2.37.